The minimum atomic E-state index is -0.682. The van der Waals surface area contributed by atoms with Crippen molar-refractivity contribution in [3.63, 3.8) is 0 Å². The molecule has 6 N–H and O–H groups in total. The Morgan fingerprint density at radius 1 is 1.10 bits per heavy atom. The summed E-state index contributed by atoms with van der Waals surface area (Å²) in [6, 6.07) is 10.2. The van der Waals surface area contributed by atoms with Crippen LogP contribution in [0.3, 0.4) is 0 Å². The van der Waals surface area contributed by atoms with Gasteiger partial charge in [0.25, 0.3) is 0 Å². The lowest BCUT2D eigenvalue weighted by atomic mass is 9.97. The van der Waals surface area contributed by atoms with Gasteiger partial charge < -0.3 is 26.2 Å². The van der Waals surface area contributed by atoms with Crippen molar-refractivity contribution in [2.24, 2.45) is 11.7 Å². The summed E-state index contributed by atoms with van der Waals surface area (Å²) in [6.07, 6.45) is 8.05. The number of benzene rings is 1. The topological polar surface area (TPSA) is 101 Å². The van der Waals surface area contributed by atoms with Crippen molar-refractivity contribution < 1.29 is 20.0 Å². The van der Waals surface area contributed by atoms with Crippen molar-refractivity contribution in [1.29, 1.82) is 0 Å². The molecule has 0 radical (unpaired) electrons. The normalized spacial score (nSPS) is 13.2. The van der Waals surface area contributed by atoms with Gasteiger partial charge in [-0.1, -0.05) is 62.9 Å². The summed E-state index contributed by atoms with van der Waals surface area (Å²) in [5.74, 6) is -0.369. The van der Waals surface area contributed by atoms with Gasteiger partial charge in [-0.2, -0.15) is 0 Å². The molecule has 2 atom stereocenters. The van der Waals surface area contributed by atoms with Crippen molar-refractivity contribution >= 4 is 5.91 Å². The van der Waals surface area contributed by atoms with Gasteiger partial charge in [0.05, 0.1) is 13.2 Å². The van der Waals surface area contributed by atoms with E-state index in [-0.39, 0.29) is 11.8 Å². The molecule has 0 spiro atoms. The van der Waals surface area contributed by atoms with E-state index in [1.807, 2.05) is 23.5 Å². The Morgan fingerprint density at radius 2 is 1.87 bits per heavy atom. The number of amides is 1. The molecule has 6 heteroatoms. The van der Waals surface area contributed by atoms with Crippen LogP contribution in [0.4, 0.5) is 0 Å². The molecule has 0 aliphatic carbocycles. The van der Waals surface area contributed by atoms with Crippen LogP contribution >= 0.6 is 0 Å². The van der Waals surface area contributed by atoms with Crippen LogP contribution in [0.1, 0.15) is 70.3 Å². The Bertz CT molecular complexity index is 528. The van der Waals surface area contributed by atoms with E-state index in [9.17, 15) is 9.90 Å². The minimum absolute atomic E-state index is 0.0165. The molecule has 0 heterocycles. The maximum absolute atomic E-state index is 12.6. The van der Waals surface area contributed by atoms with Gasteiger partial charge in [0.1, 0.15) is 5.92 Å². The Morgan fingerprint density at radius 3 is 2.60 bits per heavy atom. The molecular weight excluding hydrogens is 378 g/mol. The second-order valence-electron chi connectivity index (χ2n) is 8.00. The highest BCUT2D eigenvalue weighted by Crippen LogP contribution is 2.13. The molecule has 0 fully saturated rings. The Balaban J connectivity index is 2.23. The van der Waals surface area contributed by atoms with Gasteiger partial charge in [-0.05, 0) is 44.2 Å². The quantitative estimate of drug-likeness (QED) is 0.203. The summed E-state index contributed by atoms with van der Waals surface area (Å²) in [5.41, 5.74) is 6.73. The van der Waals surface area contributed by atoms with Crippen molar-refractivity contribution in [2.45, 2.75) is 77.5 Å². The SMILES string of the molecule is CCCCNC(=O)C(CCCCCCOCc1ccccc1)C(O)[NH2+]CCCCN. The first kappa shape index (κ1) is 26.6. The predicted octanol–water partition coefficient (Wildman–Crippen LogP) is 2.31. The first-order valence-electron chi connectivity index (χ1n) is 11.8. The fourth-order valence-corrected chi connectivity index (χ4v) is 3.40. The van der Waals surface area contributed by atoms with Crippen LogP contribution in [0.5, 0.6) is 0 Å². The van der Waals surface area contributed by atoms with Crippen molar-refractivity contribution in [2.75, 3.05) is 26.2 Å². The maximum Gasteiger partial charge on any atom is 0.231 e. The molecule has 0 aliphatic heterocycles. The number of hydrogen-bond donors (Lipinski definition) is 4. The smallest absolute Gasteiger partial charge is 0.231 e. The minimum Gasteiger partial charge on any atom is -0.377 e. The molecule has 0 bridgehead atoms. The zero-order valence-corrected chi connectivity index (χ0v) is 18.9. The lowest BCUT2D eigenvalue weighted by Crippen LogP contribution is -2.92. The van der Waals surface area contributed by atoms with Gasteiger partial charge in [0.2, 0.25) is 5.91 Å². The van der Waals surface area contributed by atoms with E-state index in [2.05, 4.69) is 24.4 Å². The van der Waals surface area contributed by atoms with Gasteiger partial charge in [-0.25, -0.2) is 0 Å². The number of unbranched alkanes of at least 4 members (excludes halogenated alkanes) is 5. The molecule has 0 aliphatic rings. The summed E-state index contributed by atoms with van der Waals surface area (Å²) < 4.78 is 5.72. The zero-order valence-electron chi connectivity index (χ0n) is 18.9. The summed E-state index contributed by atoms with van der Waals surface area (Å²) in [7, 11) is 0. The second kappa shape index (κ2) is 18.3. The highest BCUT2D eigenvalue weighted by atomic mass is 16.5. The van der Waals surface area contributed by atoms with Gasteiger partial charge in [-0.3, -0.25) is 4.79 Å². The molecule has 0 aromatic heterocycles. The van der Waals surface area contributed by atoms with Crippen LogP contribution in [-0.2, 0) is 16.1 Å². The molecule has 1 aromatic carbocycles. The molecule has 0 saturated heterocycles. The number of carbonyl (C=O) groups excluding carboxylic acids is 1. The van der Waals surface area contributed by atoms with E-state index >= 15 is 0 Å². The van der Waals surface area contributed by atoms with Crippen LogP contribution in [-0.4, -0.2) is 43.5 Å². The molecule has 172 valence electrons. The second-order valence-corrected chi connectivity index (χ2v) is 8.00. The fourth-order valence-electron chi connectivity index (χ4n) is 3.40. The van der Waals surface area contributed by atoms with E-state index in [4.69, 9.17) is 10.5 Å². The number of nitrogens with one attached hydrogen (secondary N) is 1. The predicted molar refractivity (Wildman–Crippen MR) is 122 cm³/mol. The van der Waals surface area contributed by atoms with Crippen LogP contribution < -0.4 is 16.4 Å². The molecule has 2 unspecified atom stereocenters. The highest BCUT2D eigenvalue weighted by molar-refractivity contribution is 5.78. The number of quaternary nitrogens is 1. The van der Waals surface area contributed by atoms with E-state index in [1.165, 1.54) is 5.56 Å². The van der Waals surface area contributed by atoms with Crippen LogP contribution in [0, 0.1) is 5.92 Å². The zero-order chi connectivity index (χ0) is 21.9. The van der Waals surface area contributed by atoms with Gasteiger partial charge in [-0.15, -0.1) is 0 Å². The number of carbonyl (C=O) groups is 1. The number of aliphatic hydroxyl groups is 1. The van der Waals surface area contributed by atoms with Gasteiger partial charge in [0, 0.05) is 13.2 Å². The van der Waals surface area contributed by atoms with E-state index in [0.717, 1.165) is 70.9 Å². The van der Waals surface area contributed by atoms with Crippen LogP contribution in [0.25, 0.3) is 0 Å². The number of hydrogen-bond acceptors (Lipinski definition) is 4. The highest BCUT2D eigenvalue weighted by Gasteiger charge is 2.28. The number of ether oxygens (including phenoxy) is 1. The maximum atomic E-state index is 12.6. The van der Waals surface area contributed by atoms with E-state index < -0.39 is 6.23 Å². The lowest BCUT2D eigenvalue weighted by Gasteiger charge is -2.21. The third-order valence-electron chi connectivity index (χ3n) is 5.31. The van der Waals surface area contributed by atoms with Crippen molar-refractivity contribution in [1.82, 2.24) is 5.32 Å². The third kappa shape index (κ3) is 13.0. The summed E-state index contributed by atoms with van der Waals surface area (Å²) in [5, 5.41) is 15.4. The standard InChI is InChI=1S/C24H43N3O3/c1-2-3-17-26-23(28)22(24(29)27-18-11-10-16-25)15-9-4-5-12-19-30-20-21-13-7-6-8-14-21/h6-8,13-14,22,24,27,29H,2-5,9-12,15-20,25H2,1H3,(H,26,28)/p+1. The average Bonchev–Trinajstić information content (AvgIpc) is 2.76. The van der Waals surface area contributed by atoms with Gasteiger partial charge in [0.15, 0.2) is 6.23 Å². The molecule has 6 nitrogen and oxygen atoms in total. The summed E-state index contributed by atoms with van der Waals surface area (Å²) >= 11 is 0. The van der Waals surface area contributed by atoms with Gasteiger partial charge >= 0.3 is 0 Å². The summed E-state index contributed by atoms with van der Waals surface area (Å²) in [4.78, 5) is 12.6. The van der Waals surface area contributed by atoms with Crippen LogP contribution in [0.15, 0.2) is 30.3 Å². The Kier molecular flexibility index (Phi) is 16.2. The number of aliphatic hydroxyl groups excluding tert-OH is 1. The number of rotatable bonds is 19. The first-order valence-corrected chi connectivity index (χ1v) is 11.8. The van der Waals surface area contributed by atoms with Crippen molar-refractivity contribution in [3.8, 4) is 0 Å². The molecule has 30 heavy (non-hydrogen) atoms. The molecule has 1 aromatic rings. The number of nitrogens with two attached hydrogens (primary N) is 2. The lowest BCUT2D eigenvalue weighted by molar-refractivity contribution is -0.729. The fraction of sp³-hybridized carbons (Fsp3) is 0.708. The van der Waals surface area contributed by atoms with E-state index in [1.54, 1.807) is 0 Å². The molecular formula is C24H44N3O3+. The average molecular weight is 423 g/mol. The molecule has 0 saturated carbocycles. The Labute approximate surface area is 183 Å². The first-order chi connectivity index (χ1) is 14.7. The molecule has 1 rings (SSSR count). The third-order valence-corrected chi connectivity index (χ3v) is 5.31. The van der Waals surface area contributed by atoms with Crippen LogP contribution in [0.2, 0.25) is 0 Å². The van der Waals surface area contributed by atoms with E-state index in [0.29, 0.717) is 19.7 Å². The molecule has 1 amide bonds. The Hall–Kier alpha value is -1.47. The monoisotopic (exact) mass is 422 g/mol. The largest absolute Gasteiger partial charge is 0.377 e. The van der Waals surface area contributed by atoms with Crippen molar-refractivity contribution in [3.05, 3.63) is 35.9 Å². The summed E-state index contributed by atoms with van der Waals surface area (Å²) in [6.45, 7) is 5.67.